The second-order valence-corrected chi connectivity index (χ2v) is 6.75. The van der Waals surface area contributed by atoms with Crippen LogP contribution in [-0.4, -0.2) is 18.2 Å². The molecule has 0 heterocycles. The summed E-state index contributed by atoms with van der Waals surface area (Å²) in [5.74, 6) is -0.170. The molecule has 144 valence electrons. The fourth-order valence-corrected chi connectivity index (χ4v) is 3.22. The van der Waals surface area contributed by atoms with Gasteiger partial charge in [-0.15, -0.1) is 0 Å². The maximum Gasteiger partial charge on any atom is 0.337 e. The van der Waals surface area contributed by atoms with Crippen LogP contribution in [0.2, 0.25) is 0 Å². The van der Waals surface area contributed by atoms with E-state index in [1.165, 1.54) is 13.2 Å². The topological polar surface area (TPSA) is 65.0 Å². The van der Waals surface area contributed by atoms with E-state index in [4.69, 9.17) is 14.2 Å². The number of aromatic carboxylic acids is 1. The van der Waals surface area contributed by atoms with Gasteiger partial charge in [-0.1, -0.05) is 60.7 Å². The van der Waals surface area contributed by atoms with Gasteiger partial charge in [0.05, 0.1) is 17.1 Å². The van der Waals surface area contributed by atoms with E-state index in [2.05, 4.69) is 15.9 Å². The van der Waals surface area contributed by atoms with Crippen molar-refractivity contribution < 1.29 is 24.1 Å². The van der Waals surface area contributed by atoms with Crippen molar-refractivity contribution in [2.24, 2.45) is 0 Å². The van der Waals surface area contributed by atoms with Gasteiger partial charge in [-0.25, -0.2) is 4.79 Å². The molecule has 1 N–H and O–H groups in total. The van der Waals surface area contributed by atoms with Crippen LogP contribution in [0, 0.1) is 0 Å². The molecule has 0 radical (unpaired) electrons. The lowest BCUT2D eigenvalue weighted by Crippen LogP contribution is -2.06. The number of carboxylic acid groups (broad SMARTS) is 1. The van der Waals surface area contributed by atoms with Crippen LogP contribution in [0.15, 0.2) is 71.2 Å². The number of hydrogen-bond donors (Lipinski definition) is 1. The number of hydrogen-bond acceptors (Lipinski definition) is 4. The van der Waals surface area contributed by atoms with Crippen LogP contribution in [0.25, 0.3) is 0 Å². The summed E-state index contributed by atoms with van der Waals surface area (Å²) in [5.41, 5.74) is 1.94. The van der Waals surface area contributed by atoms with Crippen molar-refractivity contribution in [3.05, 3.63) is 87.9 Å². The Balaban J connectivity index is 1.93. The van der Waals surface area contributed by atoms with Crippen molar-refractivity contribution in [2.75, 3.05) is 7.11 Å². The maximum absolute atomic E-state index is 11.7. The first-order chi connectivity index (χ1) is 13.6. The molecule has 0 aromatic heterocycles. The Morgan fingerprint density at radius 2 is 1.43 bits per heavy atom. The van der Waals surface area contributed by atoms with Gasteiger partial charge in [-0.3, -0.25) is 0 Å². The van der Waals surface area contributed by atoms with Gasteiger partial charge in [0.1, 0.15) is 13.2 Å². The van der Waals surface area contributed by atoms with Crippen LogP contribution in [-0.2, 0) is 13.2 Å². The number of rotatable bonds is 8. The molecular weight excluding hydrogens is 424 g/mol. The Hall–Kier alpha value is -2.99. The average molecular weight is 443 g/mol. The lowest BCUT2D eigenvalue weighted by Gasteiger charge is -2.18. The first-order valence-electron chi connectivity index (χ1n) is 8.57. The van der Waals surface area contributed by atoms with Crippen LogP contribution < -0.4 is 14.2 Å². The quantitative estimate of drug-likeness (QED) is 0.511. The summed E-state index contributed by atoms with van der Waals surface area (Å²) in [6.07, 6.45) is 0. The number of carboxylic acids is 1. The molecule has 0 saturated carbocycles. The molecule has 6 heteroatoms. The molecule has 5 nitrogen and oxygen atoms in total. The van der Waals surface area contributed by atoms with Crippen LogP contribution in [0.5, 0.6) is 17.2 Å². The third-order valence-corrected chi connectivity index (χ3v) is 4.83. The Bertz CT molecular complexity index is 942. The highest BCUT2D eigenvalue weighted by molar-refractivity contribution is 9.10. The minimum Gasteiger partial charge on any atom is -0.490 e. The number of ether oxygens (including phenoxy) is 3. The number of carbonyl (C=O) groups is 1. The molecule has 0 aliphatic carbocycles. The predicted octanol–water partition coefficient (Wildman–Crippen LogP) is 5.31. The number of halogens is 1. The molecule has 0 aliphatic heterocycles. The highest BCUT2D eigenvalue weighted by Crippen LogP contribution is 2.45. The molecule has 0 aliphatic rings. The van der Waals surface area contributed by atoms with Gasteiger partial charge in [0.2, 0.25) is 5.75 Å². The molecule has 3 rings (SSSR count). The van der Waals surface area contributed by atoms with Gasteiger partial charge < -0.3 is 19.3 Å². The summed E-state index contributed by atoms with van der Waals surface area (Å²) in [6, 6.07) is 20.6. The van der Waals surface area contributed by atoms with Crippen molar-refractivity contribution >= 4 is 21.9 Å². The fraction of sp³-hybridized carbons (Fsp3) is 0.136. The fourth-order valence-electron chi connectivity index (χ4n) is 2.64. The molecule has 0 amide bonds. The molecule has 3 aromatic carbocycles. The minimum atomic E-state index is -1.09. The Labute approximate surface area is 171 Å². The molecule has 0 fully saturated rings. The summed E-state index contributed by atoms with van der Waals surface area (Å²) in [5, 5.41) is 9.57. The summed E-state index contributed by atoms with van der Waals surface area (Å²) in [6.45, 7) is 0.535. The normalized spacial score (nSPS) is 10.4. The minimum absolute atomic E-state index is 0.0342. The average Bonchev–Trinajstić information content (AvgIpc) is 2.72. The SMILES string of the molecule is COc1c(OCc2ccccc2)cc(C(=O)O)c(Br)c1OCc1ccccc1. The van der Waals surface area contributed by atoms with E-state index in [9.17, 15) is 9.90 Å². The van der Waals surface area contributed by atoms with Crippen molar-refractivity contribution in [1.29, 1.82) is 0 Å². The van der Waals surface area contributed by atoms with Crippen molar-refractivity contribution in [1.82, 2.24) is 0 Å². The first-order valence-corrected chi connectivity index (χ1v) is 9.36. The Kier molecular flexibility index (Phi) is 6.55. The first kappa shape index (κ1) is 19.8. The van der Waals surface area contributed by atoms with Crippen molar-refractivity contribution in [2.45, 2.75) is 13.2 Å². The van der Waals surface area contributed by atoms with Gasteiger partial charge in [-0.2, -0.15) is 0 Å². The largest absolute Gasteiger partial charge is 0.490 e. The lowest BCUT2D eigenvalue weighted by molar-refractivity contribution is 0.0694. The highest BCUT2D eigenvalue weighted by atomic mass is 79.9. The number of methoxy groups -OCH3 is 1. The molecule has 0 bridgehead atoms. The molecular formula is C22H19BrO5. The molecule has 0 atom stereocenters. The molecule has 3 aromatic rings. The van der Waals surface area contributed by atoms with E-state index in [1.54, 1.807) is 0 Å². The van der Waals surface area contributed by atoms with E-state index >= 15 is 0 Å². The van der Waals surface area contributed by atoms with Crippen molar-refractivity contribution in [3.63, 3.8) is 0 Å². The predicted molar refractivity (Wildman–Crippen MR) is 109 cm³/mol. The summed E-state index contributed by atoms with van der Waals surface area (Å²) in [4.78, 5) is 11.7. The standard InChI is InChI=1S/C22H19BrO5/c1-26-20-18(27-13-15-8-4-2-5-9-15)12-17(22(24)25)19(23)21(20)28-14-16-10-6-3-7-11-16/h2-12H,13-14H2,1H3,(H,24,25). The third kappa shape index (κ3) is 4.64. The van der Waals surface area contributed by atoms with Gasteiger partial charge in [-0.05, 0) is 33.1 Å². The second-order valence-electron chi connectivity index (χ2n) is 5.95. The molecule has 28 heavy (non-hydrogen) atoms. The van der Waals surface area contributed by atoms with Gasteiger partial charge >= 0.3 is 5.97 Å². The van der Waals surface area contributed by atoms with E-state index < -0.39 is 5.97 Å². The van der Waals surface area contributed by atoms with Crippen LogP contribution >= 0.6 is 15.9 Å². The van der Waals surface area contributed by atoms with E-state index in [1.807, 2.05) is 60.7 Å². The molecule has 0 unspecified atom stereocenters. The Morgan fingerprint density at radius 3 is 1.93 bits per heavy atom. The second kappa shape index (κ2) is 9.28. The third-order valence-electron chi connectivity index (χ3n) is 4.04. The Morgan fingerprint density at radius 1 is 0.893 bits per heavy atom. The molecule has 0 saturated heterocycles. The summed E-state index contributed by atoms with van der Waals surface area (Å²) >= 11 is 3.34. The van der Waals surface area contributed by atoms with E-state index in [-0.39, 0.29) is 24.5 Å². The van der Waals surface area contributed by atoms with Crippen LogP contribution in [0.1, 0.15) is 21.5 Å². The lowest BCUT2D eigenvalue weighted by atomic mass is 10.1. The summed E-state index contributed by atoms with van der Waals surface area (Å²) < 4.78 is 17.6. The van der Waals surface area contributed by atoms with Gasteiger partial charge in [0, 0.05) is 0 Å². The van der Waals surface area contributed by atoms with Crippen LogP contribution in [0.3, 0.4) is 0 Å². The van der Waals surface area contributed by atoms with Gasteiger partial charge in [0.15, 0.2) is 11.5 Å². The van der Waals surface area contributed by atoms with Gasteiger partial charge in [0.25, 0.3) is 0 Å². The van der Waals surface area contributed by atoms with Crippen molar-refractivity contribution in [3.8, 4) is 17.2 Å². The van der Waals surface area contributed by atoms with E-state index in [0.717, 1.165) is 11.1 Å². The highest BCUT2D eigenvalue weighted by Gasteiger charge is 2.23. The zero-order valence-electron chi connectivity index (χ0n) is 15.2. The number of benzene rings is 3. The molecule has 0 spiro atoms. The zero-order valence-corrected chi connectivity index (χ0v) is 16.8. The van der Waals surface area contributed by atoms with E-state index in [0.29, 0.717) is 16.0 Å². The zero-order chi connectivity index (χ0) is 19.9. The smallest absolute Gasteiger partial charge is 0.337 e. The summed E-state index contributed by atoms with van der Waals surface area (Å²) in [7, 11) is 1.49. The maximum atomic E-state index is 11.7. The monoisotopic (exact) mass is 442 g/mol. The van der Waals surface area contributed by atoms with Crippen LogP contribution in [0.4, 0.5) is 0 Å².